The number of ether oxygens (including phenoxy) is 2. The van der Waals surface area contributed by atoms with Crippen molar-refractivity contribution in [3.05, 3.63) is 12.2 Å². The van der Waals surface area contributed by atoms with Gasteiger partial charge < -0.3 is 9.47 Å². The predicted molar refractivity (Wildman–Crippen MR) is 55.9 cm³/mol. The highest BCUT2D eigenvalue weighted by Crippen LogP contribution is 2.48. The van der Waals surface area contributed by atoms with Crippen LogP contribution >= 0.6 is 0 Å². The summed E-state index contributed by atoms with van der Waals surface area (Å²) in [6.07, 6.45) is 7.01. The Morgan fingerprint density at radius 1 is 1.50 bits per heavy atom. The van der Waals surface area contributed by atoms with Gasteiger partial charge in [-0.05, 0) is 39.5 Å². The minimum absolute atomic E-state index is 0.0218. The Kier molecular flexibility index (Phi) is 2.67. The van der Waals surface area contributed by atoms with Crippen molar-refractivity contribution in [2.24, 2.45) is 11.8 Å². The van der Waals surface area contributed by atoms with Gasteiger partial charge in [-0.1, -0.05) is 12.2 Å². The monoisotopic (exact) mass is 196 g/mol. The Balaban J connectivity index is 1.94. The fourth-order valence-corrected chi connectivity index (χ4v) is 2.83. The third-order valence-corrected chi connectivity index (χ3v) is 3.46. The first-order valence-corrected chi connectivity index (χ1v) is 5.62. The minimum Gasteiger partial charge on any atom is -0.353 e. The molecule has 2 rings (SSSR count). The summed E-state index contributed by atoms with van der Waals surface area (Å²) in [6.45, 7) is 6.94. The van der Waals surface area contributed by atoms with Gasteiger partial charge in [0.05, 0.1) is 5.60 Å². The Morgan fingerprint density at radius 3 is 2.79 bits per heavy atom. The summed E-state index contributed by atoms with van der Waals surface area (Å²) in [5.41, 5.74) is 0.0218. The van der Waals surface area contributed by atoms with E-state index in [2.05, 4.69) is 19.1 Å². The van der Waals surface area contributed by atoms with E-state index in [-0.39, 0.29) is 11.9 Å². The molecule has 4 unspecified atom stereocenters. The summed E-state index contributed by atoms with van der Waals surface area (Å²) < 4.78 is 11.4. The summed E-state index contributed by atoms with van der Waals surface area (Å²) in [7, 11) is 0. The molecule has 2 heteroatoms. The van der Waals surface area contributed by atoms with E-state index in [0.29, 0.717) is 5.92 Å². The van der Waals surface area contributed by atoms with Gasteiger partial charge in [0, 0.05) is 12.5 Å². The summed E-state index contributed by atoms with van der Waals surface area (Å²) >= 11 is 0. The molecule has 14 heavy (non-hydrogen) atoms. The second-order valence-electron chi connectivity index (χ2n) is 4.64. The summed E-state index contributed by atoms with van der Waals surface area (Å²) in [6, 6.07) is 0. The maximum Gasteiger partial charge on any atom is 0.155 e. The summed E-state index contributed by atoms with van der Waals surface area (Å²) in [5.74, 6) is 1.36. The number of rotatable bonds is 4. The van der Waals surface area contributed by atoms with Crippen LogP contribution in [0, 0.1) is 11.8 Å². The first-order chi connectivity index (χ1) is 6.64. The fraction of sp³-hybridized carbons (Fsp3) is 0.833. The van der Waals surface area contributed by atoms with Crippen molar-refractivity contribution in [3.63, 3.8) is 0 Å². The second-order valence-corrected chi connectivity index (χ2v) is 4.64. The lowest BCUT2D eigenvalue weighted by Gasteiger charge is -2.34. The quantitative estimate of drug-likeness (QED) is 0.508. The fourth-order valence-electron chi connectivity index (χ4n) is 2.83. The van der Waals surface area contributed by atoms with Gasteiger partial charge in [0.15, 0.2) is 6.29 Å². The molecule has 80 valence electrons. The molecule has 0 aromatic carbocycles. The molecule has 2 aliphatic carbocycles. The van der Waals surface area contributed by atoms with E-state index in [0.717, 1.165) is 18.9 Å². The lowest BCUT2D eigenvalue weighted by Crippen LogP contribution is -2.37. The van der Waals surface area contributed by atoms with Crippen molar-refractivity contribution in [2.75, 3.05) is 6.61 Å². The van der Waals surface area contributed by atoms with E-state index in [4.69, 9.17) is 9.47 Å². The topological polar surface area (TPSA) is 18.5 Å². The van der Waals surface area contributed by atoms with Gasteiger partial charge in [-0.3, -0.25) is 0 Å². The van der Waals surface area contributed by atoms with Gasteiger partial charge in [0.25, 0.3) is 0 Å². The lowest BCUT2D eigenvalue weighted by atomic mass is 9.90. The third kappa shape index (κ3) is 1.73. The average Bonchev–Trinajstić information content (AvgIpc) is 2.62. The molecule has 0 saturated heterocycles. The third-order valence-electron chi connectivity index (χ3n) is 3.46. The number of hydrogen-bond acceptors (Lipinski definition) is 2. The molecular formula is C12H20O2. The number of fused-ring (bicyclic) bond motifs is 2. The minimum atomic E-state index is -0.0715. The average molecular weight is 196 g/mol. The van der Waals surface area contributed by atoms with E-state index in [1.54, 1.807) is 0 Å². The molecule has 0 aromatic rings. The largest absolute Gasteiger partial charge is 0.353 e. The van der Waals surface area contributed by atoms with Crippen molar-refractivity contribution < 1.29 is 9.47 Å². The number of allylic oxidation sites excluding steroid dienone is 1. The SMILES string of the molecule is CCOC(C)OC1(C)CC2C=CC1C2. The van der Waals surface area contributed by atoms with Crippen LogP contribution in [0.2, 0.25) is 0 Å². The van der Waals surface area contributed by atoms with Crippen LogP contribution in [0.5, 0.6) is 0 Å². The van der Waals surface area contributed by atoms with Crippen molar-refractivity contribution in [1.82, 2.24) is 0 Å². The Morgan fingerprint density at radius 2 is 2.29 bits per heavy atom. The second kappa shape index (κ2) is 3.67. The molecule has 0 N–H and O–H groups in total. The molecular weight excluding hydrogens is 176 g/mol. The van der Waals surface area contributed by atoms with E-state index < -0.39 is 0 Å². The van der Waals surface area contributed by atoms with Crippen LogP contribution in [0.4, 0.5) is 0 Å². The normalized spacial score (nSPS) is 41.9. The highest BCUT2D eigenvalue weighted by atomic mass is 16.7. The zero-order valence-electron chi connectivity index (χ0n) is 9.32. The number of hydrogen-bond donors (Lipinski definition) is 0. The van der Waals surface area contributed by atoms with Crippen molar-refractivity contribution in [3.8, 4) is 0 Å². The molecule has 4 atom stereocenters. The van der Waals surface area contributed by atoms with E-state index >= 15 is 0 Å². The van der Waals surface area contributed by atoms with Gasteiger partial charge in [0.2, 0.25) is 0 Å². The Bertz CT molecular complexity index is 236. The van der Waals surface area contributed by atoms with Crippen molar-refractivity contribution in [2.45, 2.75) is 45.5 Å². The molecule has 0 heterocycles. The molecule has 0 aromatic heterocycles. The molecule has 0 aliphatic heterocycles. The van der Waals surface area contributed by atoms with E-state index in [1.165, 1.54) is 6.42 Å². The van der Waals surface area contributed by atoms with E-state index in [9.17, 15) is 0 Å². The highest BCUT2D eigenvalue weighted by Gasteiger charge is 2.46. The van der Waals surface area contributed by atoms with Crippen LogP contribution in [0.3, 0.4) is 0 Å². The van der Waals surface area contributed by atoms with Gasteiger partial charge in [-0.25, -0.2) is 0 Å². The first kappa shape index (κ1) is 10.2. The molecule has 0 radical (unpaired) electrons. The maximum atomic E-state index is 6.00. The molecule has 2 bridgehead atoms. The Labute approximate surface area is 86.3 Å². The standard InChI is InChI=1S/C12H20O2/c1-4-13-9(2)14-12(3)8-10-5-6-11(12)7-10/h5-6,9-11H,4,7-8H2,1-3H3. The van der Waals surface area contributed by atoms with Crippen LogP contribution in [0.25, 0.3) is 0 Å². The van der Waals surface area contributed by atoms with E-state index in [1.807, 2.05) is 13.8 Å². The van der Waals surface area contributed by atoms with Gasteiger partial charge in [-0.2, -0.15) is 0 Å². The van der Waals surface area contributed by atoms with Crippen LogP contribution in [0.1, 0.15) is 33.6 Å². The summed E-state index contributed by atoms with van der Waals surface area (Å²) in [5, 5.41) is 0. The first-order valence-electron chi connectivity index (χ1n) is 5.62. The zero-order valence-corrected chi connectivity index (χ0v) is 9.32. The van der Waals surface area contributed by atoms with Crippen LogP contribution in [-0.2, 0) is 9.47 Å². The molecule has 2 nitrogen and oxygen atoms in total. The van der Waals surface area contributed by atoms with Crippen LogP contribution in [0.15, 0.2) is 12.2 Å². The van der Waals surface area contributed by atoms with Crippen LogP contribution < -0.4 is 0 Å². The molecule has 1 fully saturated rings. The van der Waals surface area contributed by atoms with Gasteiger partial charge in [0.1, 0.15) is 0 Å². The highest BCUT2D eigenvalue weighted by molar-refractivity contribution is 5.16. The Hall–Kier alpha value is -0.340. The predicted octanol–water partition coefficient (Wildman–Crippen LogP) is 2.74. The molecule has 1 saturated carbocycles. The smallest absolute Gasteiger partial charge is 0.155 e. The van der Waals surface area contributed by atoms with Crippen LogP contribution in [-0.4, -0.2) is 18.5 Å². The maximum absolute atomic E-state index is 6.00. The van der Waals surface area contributed by atoms with Crippen molar-refractivity contribution in [1.29, 1.82) is 0 Å². The van der Waals surface area contributed by atoms with Gasteiger partial charge >= 0.3 is 0 Å². The summed E-state index contributed by atoms with van der Waals surface area (Å²) in [4.78, 5) is 0. The lowest BCUT2D eigenvalue weighted by molar-refractivity contribution is -0.202. The molecule has 2 aliphatic rings. The molecule has 0 amide bonds. The van der Waals surface area contributed by atoms with Crippen molar-refractivity contribution >= 4 is 0 Å². The molecule has 0 spiro atoms. The zero-order chi connectivity index (χ0) is 10.2. The van der Waals surface area contributed by atoms with Gasteiger partial charge in [-0.15, -0.1) is 0 Å².